The van der Waals surface area contributed by atoms with Gasteiger partial charge < -0.3 is 0 Å². The molecule has 132 valence electrons. The van der Waals surface area contributed by atoms with E-state index in [9.17, 15) is 0 Å². The third-order valence-electron chi connectivity index (χ3n) is 5.12. The smallest absolute Gasteiger partial charge is 0.201 e. The number of aryl methyl sites for hydroxylation is 2. The molecular formula is C25H28N+. The molecule has 3 aromatic rings. The maximum atomic E-state index is 8.72. The molecule has 0 spiro atoms. The highest BCUT2D eigenvalue weighted by atomic mass is 14.9. The van der Waals surface area contributed by atoms with Gasteiger partial charge in [0.15, 0.2) is 6.20 Å². The molecular weight excluding hydrogens is 314 g/mol. The molecule has 1 heterocycles. The summed E-state index contributed by atoms with van der Waals surface area (Å²) in [5.41, 5.74) is 9.15. The molecule has 0 radical (unpaired) electrons. The Morgan fingerprint density at radius 1 is 1.04 bits per heavy atom. The number of benzene rings is 2. The van der Waals surface area contributed by atoms with Crippen molar-refractivity contribution in [2.75, 3.05) is 0 Å². The first-order chi connectivity index (χ1) is 13.1. The number of nitrogens with zero attached hydrogens (tertiary/aromatic N) is 1. The van der Waals surface area contributed by atoms with E-state index in [4.69, 9.17) is 2.74 Å². The van der Waals surface area contributed by atoms with Crippen LogP contribution in [0.15, 0.2) is 54.7 Å². The molecule has 1 aliphatic rings. The number of fused-ring (bicyclic) bond motifs is 3. The van der Waals surface area contributed by atoms with Gasteiger partial charge in [-0.05, 0) is 58.5 Å². The van der Waals surface area contributed by atoms with E-state index in [1.54, 1.807) is 0 Å². The molecule has 0 aliphatic heterocycles. The molecule has 26 heavy (non-hydrogen) atoms. The summed E-state index contributed by atoms with van der Waals surface area (Å²) < 4.78 is 19.6. The van der Waals surface area contributed by atoms with Crippen LogP contribution in [-0.2, 0) is 19.8 Å². The number of hydrogen-bond donors (Lipinski definition) is 0. The van der Waals surface area contributed by atoms with Crippen LogP contribution < -0.4 is 4.57 Å². The van der Waals surface area contributed by atoms with Crippen LogP contribution in [0.25, 0.3) is 22.4 Å². The van der Waals surface area contributed by atoms with E-state index < -0.39 is 11.8 Å². The Morgan fingerprint density at radius 3 is 2.58 bits per heavy atom. The van der Waals surface area contributed by atoms with Crippen LogP contribution in [0.5, 0.6) is 0 Å². The predicted octanol–water partition coefficient (Wildman–Crippen LogP) is 5.65. The molecule has 0 atom stereocenters. The molecule has 4 rings (SSSR count). The highest BCUT2D eigenvalue weighted by Crippen LogP contribution is 2.42. The zero-order valence-corrected chi connectivity index (χ0v) is 16.4. The lowest BCUT2D eigenvalue weighted by molar-refractivity contribution is -0.660. The van der Waals surface area contributed by atoms with Gasteiger partial charge >= 0.3 is 0 Å². The van der Waals surface area contributed by atoms with Crippen molar-refractivity contribution >= 4 is 0 Å². The number of aromatic nitrogens is 1. The molecule has 1 aliphatic carbocycles. The second-order valence-electron chi connectivity index (χ2n) is 8.40. The Bertz CT molecular complexity index is 1070. The van der Waals surface area contributed by atoms with Gasteiger partial charge in [-0.15, -0.1) is 0 Å². The van der Waals surface area contributed by atoms with Gasteiger partial charge in [-0.25, -0.2) is 4.57 Å². The van der Waals surface area contributed by atoms with E-state index in [1.807, 2.05) is 40.1 Å². The van der Waals surface area contributed by atoms with E-state index >= 15 is 0 Å². The molecule has 0 fully saturated rings. The Morgan fingerprint density at radius 2 is 1.81 bits per heavy atom. The maximum absolute atomic E-state index is 8.72. The Hall–Kier alpha value is -2.41. The van der Waals surface area contributed by atoms with Gasteiger partial charge in [-0.3, -0.25) is 0 Å². The molecule has 1 nitrogen and oxygen atoms in total. The molecule has 0 bridgehead atoms. The third-order valence-corrected chi connectivity index (χ3v) is 5.12. The van der Waals surface area contributed by atoms with E-state index in [2.05, 4.69) is 54.0 Å². The summed E-state index contributed by atoms with van der Waals surface area (Å²) in [6.45, 7) is 8.04. The molecule has 0 saturated heterocycles. The van der Waals surface area contributed by atoms with Crippen LogP contribution in [0, 0.1) is 12.3 Å². The van der Waals surface area contributed by atoms with Gasteiger partial charge in [0.2, 0.25) is 5.69 Å². The average Bonchev–Trinajstić information content (AvgIpc) is 3.00. The van der Waals surface area contributed by atoms with Crippen LogP contribution in [-0.4, -0.2) is 0 Å². The average molecular weight is 345 g/mol. The predicted molar refractivity (Wildman–Crippen MR) is 109 cm³/mol. The first kappa shape index (κ1) is 14.7. The van der Waals surface area contributed by atoms with Crippen LogP contribution in [0.2, 0.25) is 0 Å². The Labute approximate surface area is 160 Å². The van der Waals surface area contributed by atoms with Crippen molar-refractivity contribution in [1.29, 1.82) is 0 Å². The Balaban J connectivity index is 1.94. The van der Waals surface area contributed by atoms with Crippen molar-refractivity contribution in [3.05, 3.63) is 77.0 Å². The topological polar surface area (TPSA) is 3.88 Å². The van der Waals surface area contributed by atoms with Crippen molar-refractivity contribution in [3.63, 3.8) is 0 Å². The fourth-order valence-electron chi connectivity index (χ4n) is 4.01. The van der Waals surface area contributed by atoms with E-state index in [0.717, 1.165) is 17.7 Å². The minimum Gasteiger partial charge on any atom is -0.201 e. The fraction of sp³-hybridized carbons (Fsp3) is 0.320. The summed E-state index contributed by atoms with van der Waals surface area (Å²) in [5.74, 6) is 0. The highest BCUT2D eigenvalue weighted by Gasteiger charge is 2.26. The lowest BCUT2D eigenvalue weighted by atomic mass is 9.87. The van der Waals surface area contributed by atoms with Gasteiger partial charge in [-0.1, -0.05) is 57.2 Å². The van der Waals surface area contributed by atoms with E-state index in [0.29, 0.717) is 0 Å². The number of pyridine rings is 1. The third kappa shape index (κ3) is 2.96. The molecule has 0 N–H and O–H groups in total. The standard InChI is InChI=1S/C25H28N/c1-17-10-11-21-20-9-7-6-8-19(20)15-22(21)24(17)23-14-18(12-13-26(23)5)16-25(2,3)4/h6-14H,15-16H2,1-5H3/q+1/i16D2. The van der Waals surface area contributed by atoms with Gasteiger partial charge in [0.05, 0.1) is 5.56 Å². The fourth-order valence-corrected chi connectivity index (χ4v) is 4.01. The minimum absolute atomic E-state index is 0.478. The SMILES string of the molecule is [2H]C([2H])(c1cc[n+](C)c(-c2c(C)ccc3c2Cc2ccccc2-3)c1)C(C)(C)C. The molecule has 0 saturated carbocycles. The number of hydrogen-bond acceptors (Lipinski definition) is 0. The largest absolute Gasteiger partial charge is 0.213 e. The summed E-state index contributed by atoms with van der Waals surface area (Å²) in [6, 6.07) is 17.0. The van der Waals surface area contributed by atoms with Crippen molar-refractivity contribution in [1.82, 2.24) is 0 Å². The van der Waals surface area contributed by atoms with Gasteiger partial charge in [0.1, 0.15) is 7.05 Å². The minimum atomic E-state index is -1.41. The lowest BCUT2D eigenvalue weighted by Crippen LogP contribution is -2.31. The first-order valence-corrected chi connectivity index (χ1v) is 9.32. The monoisotopic (exact) mass is 344 g/mol. The van der Waals surface area contributed by atoms with Crippen LogP contribution in [0.1, 0.15) is 45.8 Å². The van der Waals surface area contributed by atoms with Gasteiger partial charge in [0, 0.05) is 14.9 Å². The zero-order chi connectivity index (χ0) is 20.3. The second-order valence-corrected chi connectivity index (χ2v) is 8.40. The van der Waals surface area contributed by atoms with Gasteiger partial charge in [-0.2, -0.15) is 0 Å². The van der Waals surface area contributed by atoms with Gasteiger partial charge in [0.25, 0.3) is 0 Å². The lowest BCUT2D eigenvalue weighted by Gasteiger charge is -2.18. The van der Waals surface area contributed by atoms with Crippen LogP contribution in [0.4, 0.5) is 0 Å². The molecule has 0 amide bonds. The Kier molecular flexibility index (Phi) is 3.45. The summed E-state index contributed by atoms with van der Waals surface area (Å²) >= 11 is 0. The summed E-state index contributed by atoms with van der Waals surface area (Å²) in [6.07, 6.45) is 1.51. The van der Waals surface area contributed by atoms with Crippen LogP contribution >= 0.6 is 0 Å². The molecule has 1 aromatic heterocycles. The summed E-state index contributed by atoms with van der Waals surface area (Å²) in [4.78, 5) is 0. The summed E-state index contributed by atoms with van der Waals surface area (Å²) in [5, 5.41) is 0. The normalized spacial score (nSPS) is 14.5. The van der Waals surface area contributed by atoms with E-state index in [-0.39, 0.29) is 0 Å². The summed E-state index contributed by atoms with van der Waals surface area (Å²) in [7, 11) is 2.05. The quantitative estimate of drug-likeness (QED) is 0.414. The molecule has 0 unspecified atom stereocenters. The van der Waals surface area contributed by atoms with Crippen molar-refractivity contribution in [3.8, 4) is 22.4 Å². The van der Waals surface area contributed by atoms with Crippen molar-refractivity contribution in [2.24, 2.45) is 12.5 Å². The molecule has 2 aromatic carbocycles. The zero-order valence-electron chi connectivity index (χ0n) is 18.4. The number of rotatable bonds is 2. The van der Waals surface area contributed by atoms with E-state index in [1.165, 1.54) is 33.4 Å². The molecule has 1 heteroatoms. The maximum Gasteiger partial charge on any atom is 0.213 e. The van der Waals surface area contributed by atoms with Crippen molar-refractivity contribution < 1.29 is 7.31 Å². The second kappa shape index (κ2) is 6.09. The first-order valence-electron chi connectivity index (χ1n) is 10.3. The van der Waals surface area contributed by atoms with Crippen molar-refractivity contribution in [2.45, 2.75) is 40.5 Å². The highest BCUT2D eigenvalue weighted by molar-refractivity contribution is 5.84. The van der Waals surface area contributed by atoms with Crippen LogP contribution in [0.3, 0.4) is 0 Å².